The summed E-state index contributed by atoms with van der Waals surface area (Å²) >= 11 is 0. The molecule has 2 aliphatic heterocycles. The van der Waals surface area contributed by atoms with Crippen molar-refractivity contribution >= 4 is 0 Å². The van der Waals surface area contributed by atoms with Crippen LogP contribution in [0.5, 0.6) is 0 Å². The summed E-state index contributed by atoms with van der Waals surface area (Å²) in [4.78, 5) is 0. The van der Waals surface area contributed by atoms with E-state index in [0.717, 1.165) is 36.9 Å². The zero-order valence-electron chi connectivity index (χ0n) is 24.0. The van der Waals surface area contributed by atoms with Crippen molar-refractivity contribution in [1.82, 2.24) is 0 Å². The lowest BCUT2D eigenvalue weighted by molar-refractivity contribution is -0.147. The van der Waals surface area contributed by atoms with E-state index in [1.54, 1.807) is 0 Å². The van der Waals surface area contributed by atoms with Gasteiger partial charge in [0, 0.05) is 13.2 Å². The van der Waals surface area contributed by atoms with Crippen molar-refractivity contribution in [2.24, 2.45) is 45.3 Å². The Morgan fingerprint density at radius 1 is 0.441 bits per heavy atom. The van der Waals surface area contributed by atoms with E-state index in [0.29, 0.717) is 21.7 Å². The van der Waals surface area contributed by atoms with E-state index < -0.39 is 0 Å². The molecule has 0 aromatic heterocycles. The van der Waals surface area contributed by atoms with E-state index in [2.05, 4.69) is 55.4 Å². The maximum atomic E-state index is 6.13. The summed E-state index contributed by atoms with van der Waals surface area (Å²) in [6.45, 7) is 22.0. The van der Waals surface area contributed by atoms with E-state index in [1.807, 2.05) is 0 Å². The van der Waals surface area contributed by atoms with Crippen LogP contribution < -0.4 is 0 Å². The summed E-state index contributed by atoms with van der Waals surface area (Å²) in [6.07, 6.45) is 16.5. The molecule has 2 heteroatoms. The summed E-state index contributed by atoms with van der Waals surface area (Å²) in [6, 6.07) is 0. The third kappa shape index (κ3) is 3.77. The van der Waals surface area contributed by atoms with Crippen LogP contribution in [0.25, 0.3) is 0 Å². The lowest BCUT2D eigenvalue weighted by Crippen LogP contribution is -2.55. The molecule has 2 saturated heterocycles. The lowest BCUT2D eigenvalue weighted by atomic mass is 9.45. The minimum atomic E-state index is 0.207. The van der Waals surface area contributed by atoms with Gasteiger partial charge in [-0.25, -0.2) is 0 Å². The molecule has 8 atom stereocenters. The standard InChI is InChI=1S/2C16H28O/c2*1-14(2)8-5-9-15(3)12(14)6-10-16(4)13(15)7-11-17-16/h2*12-13H,5-11H2,1-4H3/t2*12-,13+,15-,16+/m10/s1. The number of ether oxygens (including phenoxy) is 2. The van der Waals surface area contributed by atoms with E-state index in [-0.39, 0.29) is 11.2 Å². The predicted octanol–water partition coefficient (Wildman–Crippen LogP) is 8.82. The first-order valence-electron chi connectivity index (χ1n) is 15.0. The molecule has 2 nitrogen and oxygen atoms in total. The quantitative estimate of drug-likeness (QED) is 0.350. The van der Waals surface area contributed by atoms with Crippen LogP contribution >= 0.6 is 0 Å². The Bertz CT molecular complexity index is 699. The first-order chi connectivity index (χ1) is 15.8. The monoisotopic (exact) mass is 472 g/mol. The summed E-state index contributed by atoms with van der Waals surface area (Å²) in [5.74, 6) is 3.47. The van der Waals surface area contributed by atoms with E-state index in [4.69, 9.17) is 9.47 Å². The highest BCUT2D eigenvalue weighted by atomic mass is 16.5. The van der Waals surface area contributed by atoms with Crippen molar-refractivity contribution in [3.05, 3.63) is 0 Å². The highest BCUT2D eigenvalue weighted by Gasteiger charge is 2.61. The normalized spacial score (nSPS) is 52.9. The van der Waals surface area contributed by atoms with Gasteiger partial charge in [-0.1, -0.05) is 54.4 Å². The van der Waals surface area contributed by atoms with Gasteiger partial charge in [-0.2, -0.15) is 0 Å². The molecule has 0 aromatic rings. The molecule has 0 bridgehead atoms. The van der Waals surface area contributed by atoms with Gasteiger partial charge in [0.25, 0.3) is 0 Å². The van der Waals surface area contributed by atoms with Crippen molar-refractivity contribution in [2.75, 3.05) is 13.2 Å². The fraction of sp³-hybridized carbons (Fsp3) is 1.00. The molecule has 34 heavy (non-hydrogen) atoms. The number of rotatable bonds is 0. The molecular weight excluding hydrogens is 416 g/mol. The molecule has 0 radical (unpaired) electrons. The smallest absolute Gasteiger partial charge is 0.0688 e. The zero-order valence-corrected chi connectivity index (χ0v) is 24.0. The summed E-state index contributed by atoms with van der Waals surface area (Å²) < 4.78 is 12.3. The van der Waals surface area contributed by atoms with Crippen molar-refractivity contribution < 1.29 is 9.47 Å². The highest BCUT2D eigenvalue weighted by Crippen LogP contribution is 2.66. The van der Waals surface area contributed by atoms with Crippen LogP contribution in [0.2, 0.25) is 0 Å². The second-order valence-corrected chi connectivity index (χ2v) is 15.9. The van der Waals surface area contributed by atoms with Crippen LogP contribution in [0.15, 0.2) is 0 Å². The van der Waals surface area contributed by atoms with Crippen molar-refractivity contribution in [3.8, 4) is 0 Å². The van der Waals surface area contributed by atoms with Gasteiger partial charge in [0.1, 0.15) is 0 Å². The molecule has 0 aromatic carbocycles. The predicted molar refractivity (Wildman–Crippen MR) is 142 cm³/mol. The Hall–Kier alpha value is -0.0800. The Labute approximate surface area is 211 Å². The average Bonchev–Trinajstić information content (AvgIpc) is 3.31. The minimum absolute atomic E-state index is 0.207. The second-order valence-electron chi connectivity index (χ2n) is 15.9. The summed E-state index contributed by atoms with van der Waals surface area (Å²) in [5, 5.41) is 0. The molecule has 0 N–H and O–H groups in total. The Kier molecular flexibility index (Phi) is 6.17. The Balaban J connectivity index is 0.000000142. The topological polar surface area (TPSA) is 18.5 Å². The van der Waals surface area contributed by atoms with Crippen molar-refractivity contribution in [3.63, 3.8) is 0 Å². The molecular formula is C32H56O2. The molecule has 6 aliphatic rings. The molecule has 6 fully saturated rings. The molecule has 0 spiro atoms. The Morgan fingerprint density at radius 2 is 0.824 bits per heavy atom. The SMILES string of the molecule is CC1(C)CCC[C@]2(C)[C@@H]1CC[C@]1(C)OCC[C@@H]21.CC1(C)CCC[C@]2(C)[C@H]3CCO[C@]3(C)CC[C@@H]12. The van der Waals surface area contributed by atoms with E-state index >= 15 is 0 Å². The van der Waals surface area contributed by atoms with Crippen molar-refractivity contribution in [1.29, 1.82) is 0 Å². The first-order valence-corrected chi connectivity index (χ1v) is 15.0. The largest absolute Gasteiger partial charge is 0.375 e. The van der Waals surface area contributed by atoms with E-state index in [9.17, 15) is 0 Å². The summed E-state index contributed by atoms with van der Waals surface area (Å²) in [7, 11) is 0. The van der Waals surface area contributed by atoms with Crippen molar-refractivity contribution in [2.45, 2.75) is 144 Å². The third-order valence-corrected chi connectivity index (χ3v) is 13.2. The first kappa shape index (κ1) is 25.6. The van der Waals surface area contributed by atoms with Gasteiger partial charge in [0.2, 0.25) is 0 Å². The zero-order chi connectivity index (χ0) is 24.6. The van der Waals surface area contributed by atoms with Gasteiger partial charge in [-0.3, -0.25) is 0 Å². The minimum Gasteiger partial charge on any atom is -0.375 e. The van der Waals surface area contributed by atoms with Gasteiger partial charge in [0.15, 0.2) is 0 Å². The van der Waals surface area contributed by atoms with Gasteiger partial charge in [-0.15, -0.1) is 0 Å². The lowest BCUT2D eigenvalue weighted by Gasteiger charge is -2.60. The maximum absolute atomic E-state index is 6.13. The number of hydrogen-bond acceptors (Lipinski definition) is 2. The molecule has 196 valence electrons. The number of fused-ring (bicyclic) bond motifs is 6. The third-order valence-electron chi connectivity index (χ3n) is 13.2. The molecule has 0 amide bonds. The van der Waals surface area contributed by atoms with Gasteiger partial charge < -0.3 is 9.47 Å². The van der Waals surface area contributed by atoms with Crippen LogP contribution in [-0.2, 0) is 9.47 Å². The molecule has 4 saturated carbocycles. The number of hydrogen-bond donors (Lipinski definition) is 0. The molecule has 4 aliphatic carbocycles. The van der Waals surface area contributed by atoms with E-state index in [1.165, 1.54) is 77.0 Å². The highest BCUT2D eigenvalue weighted by molar-refractivity contribution is 5.10. The van der Waals surface area contributed by atoms with Crippen LogP contribution in [0.1, 0.15) is 132 Å². The van der Waals surface area contributed by atoms with Crippen LogP contribution in [0.3, 0.4) is 0 Å². The summed E-state index contributed by atoms with van der Waals surface area (Å²) in [5.41, 5.74) is 2.61. The molecule has 0 unspecified atom stereocenters. The molecule has 2 heterocycles. The fourth-order valence-corrected chi connectivity index (χ4v) is 11.6. The van der Waals surface area contributed by atoms with Crippen LogP contribution in [-0.4, -0.2) is 24.4 Å². The fourth-order valence-electron chi connectivity index (χ4n) is 11.6. The van der Waals surface area contributed by atoms with Crippen LogP contribution in [0, 0.1) is 45.3 Å². The van der Waals surface area contributed by atoms with Crippen LogP contribution in [0.4, 0.5) is 0 Å². The second kappa shape index (κ2) is 8.21. The average molecular weight is 473 g/mol. The van der Waals surface area contributed by atoms with Gasteiger partial charge in [-0.05, 0) is 123 Å². The Morgan fingerprint density at radius 3 is 1.21 bits per heavy atom. The molecule has 6 rings (SSSR count). The van der Waals surface area contributed by atoms with Gasteiger partial charge >= 0.3 is 0 Å². The van der Waals surface area contributed by atoms with Gasteiger partial charge in [0.05, 0.1) is 11.2 Å². The maximum Gasteiger partial charge on any atom is 0.0688 e.